The average molecular weight is 591 g/mol. The zero-order chi connectivity index (χ0) is 24.1. The highest BCUT2D eigenvalue weighted by molar-refractivity contribution is 9.10. The van der Waals surface area contributed by atoms with Gasteiger partial charge in [-0.3, -0.25) is 9.36 Å². The first-order valence-corrected chi connectivity index (χ1v) is 11.9. The van der Waals surface area contributed by atoms with Crippen molar-refractivity contribution in [3.05, 3.63) is 68.9 Å². The quantitative estimate of drug-likeness (QED) is 0.176. The van der Waals surface area contributed by atoms with Gasteiger partial charge in [0.2, 0.25) is 0 Å². The van der Waals surface area contributed by atoms with Crippen LogP contribution in [-0.4, -0.2) is 45.8 Å². The maximum atomic E-state index is 11.6. The number of carbonyl (C=O) groups is 1. The third kappa shape index (κ3) is 5.84. The number of hydrogen-bond acceptors (Lipinski definition) is 8. The van der Waals surface area contributed by atoms with Gasteiger partial charge in [0.15, 0.2) is 21.7 Å². The number of esters is 1. The summed E-state index contributed by atoms with van der Waals surface area (Å²) < 4.78 is 19.5. The molecular weight excluding hydrogens is 570 g/mol. The topological polar surface area (TPSA) is 114 Å². The van der Waals surface area contributed by atoms with Crippen molar-refractivity contribution in [1.82, 2.24) is 19.5 Å². The van der Waals surface area contributed by atoms with E-state index in [1.807, 2.05) is 53.1 Å². The number of ether oxygens (including phenoxy) is 3. The summed E-state index contributed by atoms with van der Waals surface area (Å²) in [5.74, 6) is 0.648. The molecule has 0 atom stereocenters. The van der Waals surface area contributed by atoms with Crippen molar-refractivity contribution in [2.45, 2.75) is 13.0 Å². The summed E-state index contributed by atoms with van der Waals surface area (Å²) in [4.78, 5) is 24.8. The standard InChI is InChI=1S/C23H21Br2N5O4/c1-32-18(31)11-14-4-2-5-15(10-14)13-30-21-19(27-22(30)25)20(26)28-23(29-21)34-9-8-33-17-7-3-6-16(24)12-17/h2-7,10,12H,8-9,11,13H2,1H3,(H2,26,28,29). The predicted molar refractivity (Wildman–Crippen MR) is 134 cm³/mol. The Morgan fingerprint density at radius 2 is 1.76 bits per heavy atom. The summed E-state index contributed by atoms with van der Waals surface area (Å²) in [5, 5.41) is 0. The molecule has 0 aliphatic carbocycles. The molecule has 11 heteroatoms. The minimum absolute atomic E-state index is 0.135. The molecule has 0 saturated carbocycles. The number of benzene rings is 2. The minimum atomic E-state index is -0.294. The van der Waals surface area contributed by atoms with Crippen LogP contribution in [0.3, 0.4) is 0 Å². The highest BCUT2D eigenvalue weighted by Gasteiger charge is 2.17. The van der Waals surface area contributed by atoms with Crippen molar-refractivity contribution in [2.24, 2.45) is 0 Å². The summed E-state index contributed by atoms with van der Waals surface area (Å²) in [6, 6.07) is 15.4. The van der Waals surface area contributed by atoms with Crippen molar-refractivity contribution in [3.63, 3.8) is 0 Å². The Hall–Kier alpha value is -3.18. The van der Waals surface area contributed by atoms with Crippen LogP contribution >= 0.6 is 31.9 Å². The SMILES string of the molecule is COC(=O)Cc1cccc(Cn2c(Br)nc3c(N)nc(OCCOc4cccc(Br)c4)nc32)c1. The molecule has 0 aliphatic rings. The van der Waals surface area contributed by atoms with E-state index in [0.717, 1.165) is 21.3 Å². The highest BCUT2D eigenvalue weighted by atomic mass is 79.9. The number of halogens is 2. The van der Waals surface area contributed by atoms with Crippen LogP contribution in [0.15, 0.2) is 57.7 Å². The molecule has 0 fully saturated rings. The fourth-order valence-electron chi connectivity index (χ4n) is 3.29. The molecule has 9 nitrogen and oxygen atoms in total. The number of hydrogen-bond donors (Lipinski definition) is 1. The minimum Gasteiger partial charge on any atom is -0.490 e. The van der Waals surface area contributed by atoms with E-state index < -0.39 is 0 Å². The number of carbonyl (C=O) groups excluding carboxylic acids is 1. The van der Waals surface area contributed by atoms with E-state index in [0.29, 0.717) is 29.0 Å². The number of nitrogens with two attached hydrogens (primary N) is 1. The van der Waals surface area contributed by atoms with Gasteiger partial charge in [0, 0.05) is 4.47 Å². The number of imidazole rings is 1. The molecule has 2 heterocycles. The lowest BCUT2D eigenvalue weighted by molar-refractivity contribution is -0.139. The number of anilines is 1. The molecule has 4 rings (SSSR count). The van der Waals surface area contributed by atoms with Gasteiger partial charge >= 0.3 is 12.0 Å². The molecule has 0 aliphatic heterocycles. The molecule has 0 bridgehead atoms. The van der Waals surface area contributed by atoms with Gasteiger partial charge in [0.1, 0.15) is 19.0 Å². The van der Waals surface area contributed by atoms with Gasteiger partial charge in [-0.15, -0.1) is 0 Å². The maximum absolute atomic E-state index is 11.6. The van der Waals surface area contributed by atoms with Crippen LogP contribution in [0.5, 0.6) is 11.8 Å². The van der Waals surface area contributed by atoms with Gasteiger partial charge in [-0.2, -0.15) is 9.97 Å². The van der Waals surface area contributed by atoms with E-state index in [1.165, 1.54) is 7.11 Å². The molecule has 2 aromatic carbocycles. The molecule has 0 saturated heterocycles. The summed E-state index contributed by atoms with van der Waals surface area (Å²) in [6.07, 6.45) is 0.200. The largest absolute Gasteiger partial charge is 0.490 e. The van der Waals surface area contributed by atoms with Crippen LogP contribution < -0.4 is 15.2 Å². The van der Waals surface area contributed by atoms with E-state index >= 15 is 0 Å². The molecule has 176 valence electrons. The van der Waals surface area contributed by atoms with Gasteiger partial charge in [0.25, 0.3) is 0 Å². The maximum Gasteiger partial charge on any atom is 0.320 e. The Labute approximate surface area is 212 Å². The molecule has 0 unspecified atom stereocenters. The third-order valence-electron chi connectivity index (χ3n) is 4.84. The number of nitrogens with zero attached hydrogens (tertiary/aromatic N) is 4. The van der Waals surface area contributed by atoms with Crippen molar-refractivity contribution >= 4 is 54.8 Å². The third-order valence-corrected chi connectivity index (χ3v) is 5.94. The van der Waals surface area contributed by atoms with E-state index in [-0.39, 0.29) is 30.8 Å². The van der Waals surface area contributed by atoms with E-state index in [1.54, 1.807) is 0 Å². The Morgan fingerprint density at radius 3 is 2.56 bits per heavy atom. The van der Waals surface area contributed by atoms with Gasteiger partial charge in [0.05, 0.1) is 20.1 Å². The number of rotatable bonds is 9. The number of fused-ring (bicyclic) bond motifs is 1. The van der Waals surface area contributed by atoms with E-state index in [9.17, 15) is 4.79 Å². The summed E-state index contributed by atoms with van der Waals surface area (Å²) in [5.41, 5.74) is 8.94. The normalized spacial score (nSPS) is 10.9. The first-order valence-electron chi connectivity index (χ1n) is 10.3. The van der Waals surface area contributed by atoms with Crippen LogP contribution in [0, 0.1) is 0 Å². The van der Waals surface area contributed by atoms with Crippen LogP contribution in [0.25, 0.3) is 11.2 Å². The van der Waals surface area contributed by atoms with Crippen LogP contribution in [-0.2, 0) is 22.5 Å². The van der Waals surface area contributed by atoms with Crippen molar-refractivity contribution in [2.75, 3.05) is 26.1 Å². The van der Waals surface area contributed by atoms with Gasteiger partial charge in [-0.05, 0) is 45.3 Å². The first-order chi connectivity index (χ1) is 16.4. The van der Waals surface area contributed by atoms with Crippen molar-refractivity contribution in [3.8, 4) is 11.8 Å². The molecule has 2 N–H and O–H groups in total. The van der Waals surface area contributed by atoms with Gasteiger partial charge in [-0.25, -0.2) is 4.98 Å². The number of methoxy groups -OCH3 is 1. The second-order valence-corrected chi connectivity index (χ2v) is 8.88. The fraction of sp³-hybridized carbons (Fsp3) is 0.217. The van der Waals surface area contributed by atoms with Crippen molar-refractivity contribution < 1.29 is 19.0 Å². The molecule has 2 aromatic heterocycles. The predicted octanol–water partition coefficient (Wildman–Crippen LogP) is 4.16. The van der Waals surface area contributed by atoms with E-state index in [2.05, 4.69) is 46.8 Å². The van der Waals surface area contributed by atoms with Crippen LogP contribution in [0.4, 0.5) is 5.82 Å². The average Bonchev–Trinajstić information content (AvgIpc) is 3.13. The Kier molecular flexibility index (Phi) is 7.63. The van der Waals surface area contributed by atoms with E-state index in [4.69, 9.17) is 19.9 Å². The van der Waals surface area contributed by atoms with Crippen LogP contribution in [0.1, 0.15) is 11.1 Å². The monoisotopic (exact) mass is 589 g/mol. The summed E-state index contributed by atoms with van der Waals surface area (Å²) in [6.45, 7) is 1.00. The lowest BCUT2D eigenvalue weighted by Gasteiger charge is -2.10. The second-order valence-electron chi connectivity index (χ2n) is 7.26. The Balaban J connectivity index is 1.49. The first kappa shape index (κ1) is 24.0. The Bertz CT molecular complexity index is 1330. The lowest BCUT2D eigenvalue weighted by atomic mass is 10.1. The van der Waals surface area contributed by atoms with Gasteiger partial charge in [-0.1, -0.05) is 46.3 Å². The van der Waals surface area contributed by atoms with Crippen molar-refractivity contribution in [1.29, 1.82) is 0 Å². The number of aromatic nitrogens is 4. The smallest absolute Gasteiger partial charge is 0.320 e. The van der Waals surface area contributed by atoms with Gasteiger partial charge < -0.3 is 19.9 Å². The Morgan fingerprint density at radius 1 is 1.00 bits per heavy atom. The molecule has 34 heavy (non-hydrogen) atoms. The zero-order valence-electron chi connectivity index (χ0n) is 18.2. The highest BCUT2D eigenvalue weighted by Crippen LogP contribution is 2.26. The molecule has 4 aromatic rings. The summed E-state index contributed by atoms with van der Waals surface area (Å²) in [7, 11) is 1.37. The number of nitrogen functional groups attached to an aromatic ring is 1. The summed E-state index contributed by atoms with van der Waals surface area (Å²) >= 11 is 6.89. The fourth-order valence-corrected chi connectivity index (χ4v) is 4.14. The van der Waals surface area contributed by atoms with Crippen LogP contribution in [0.2, 0.25) is 0 Å². The molecular formula is C23H21Br2N5O4. The lowest BCUT2D eigenvalue weighted by Crippen LogP contribution is -2.12. The molecule has 0 amide bonds. The molecule has 0 radical (unpaired) electrons. The molecule has 0 spiro atoms. The zero-order valence-corrected chi connectivity index (χ0v) is 21.4. The second kappa shape index (κ2) is 10.8.